The van der Waals surface area contributed by atoms with E-state index in [2.05, 4.69) is 5.10 Å². The number of benzene rings is 1. The summed E-state index contributed by atoms with van der Waals surface area (Å²) in [6, 6.07) is 5.75. The number of aromatic nitrogens is 2. The van der Waals surface area contributed by atoms with Crippen LogP contribution in [0.4, 0.5) is 0 Å². The first-order valence-electron chi connectivity index (χ1n) is 10.7. The Morgan fingerprint density at radius 2 is 1.82 bits per heavy atom. The predicted molar refractivity (Wildman–Crippen MR) is 123 cm³/mol. The fourth-order valence-electron chi connectivity index (χ4n) is 4.18. The lowest BCUT2D eigenvalue weighted by atomic mass is 9.94. The zero-order valence-corrected chi connectivity index (χ0v) is 19.9. The second-order valence-corrected chi connectivity index (χ2v) is 8.43. The predicted octanol–water partition coefficient (Wildman–Crippen LogP) is 2.20. The molecule has 1 N–H and O–H groups in total. The van der Waals surface area contributed by atoms with Gasteiger partial charge in [-0.05, 0) is 58.6 Å². The van der Waals surface area contributed by atoms with Gasteiger partial charge in [0.2, 0.25) is 0 Å². The zero-order chi connectivity index (χ0) is 24.4. The Balaban J connectivity index is 2.14. The highest BCUT2D eigenvalue weighted by molar-refractivity contribution is 6.46. The number of ketones is 1. The summed E-state index contributed by atoms with van der Waals surface area (Å²) in [4.78, 5) is 41.5. The molecule has 0 unspecified atom stereocenters. The van der Waals surface area contributed by atoms with Crippen LogP contribution in [0.5, 0.6) is 0 Å². The quantitative estimate of drug-likeness (QED) is 0.296. The fourth-order valence-corrected chi connectivity index (χ4v) is 4.18. The van der Waals surface area contributed by atoms with Crippen LogP contribution in [0.15, 0.2) is 29.8 Å². The molecule has 0 radical (unpaired) electrons. The second kappa shape index (κ2) is 9.58. The molecule has 2 aromatic rings. The molecule has 9 nitrogen and oxygen atoms in total. The number of hydrogen-bond donors (Lipinski definition) is 1. The fraction of sp³-hybridized carbons (Fsp3) is 0.417. The number of aryl methyl sites for hydroxylation is 2. The van der Waals surface area contributed by atoms with Crippen LogP contribution in [0.25, 0.3) is 5.76 Å². The van der Waals surface area contributed by atoms with Crippen molar-refractivity contribution in [3.8, 4) is 0 Å². The normalized spacial score (nSPS) is 17.8. The van der Waals surface area contributed by atoms with E-state index in [1.807, 2.05) is 19.0 Å². The molecule has 3 rings (SSSR count). The van der Waals surface area contributed by atoms with E-state index < -0.39 is 23.7 Å². The minimum absolute atomic E-state index is 0.0230. The number of aliphatic hydroxyl groups is 1. The van der Waals surface area contributed by atoms with Crippen LogP contribution < -0.4 is 0 Å². The number of likely N-dealkylation sites (tertiary alicyclic amines) is 1. The van der Waals surface area contributed by atoms with Gasteiger partial charge in [0.15, 0.2) is 0 Å². The van der Waals surface area contributed by atoms with Gasteiger partial charge in [-0.25, -0.2) is 4.79 Å². The van der Waals surface area contributed by atoms with Crippen molar-refractivity contribution in [2.75, 3.05) is 34.3 Å². The lowest BCUT2D eigenvalue weighted by Crippen LogP contribution is -2.32. The molecule has 1 aliphatic rings. The maximum atomic E-state index is 13.1. The number of Topliss-reactive ketones (excluding diaryl/α,β-unsaturated/α-hetero) is 1. The summed E-state index contributed by atoms with van der Waals surface area (Å²) in [5.74, 6) is -2.12. The van der Waals surface area contributed by atoms with Crippen LogP contribution in [0.2, 0.25) is 0 Å². The number of carbonyl (C=O) groups excluding carboxylic acids is 3. The molecule has 0 bridgehead atoms. The maximum absolute atomic E-state index is 13.1. The van der Waals surface area contributed by atoms with Crippen LogP contribution in [-0.2, 0) is 21.4 Å². The van der Waals surface area contributed by atoms with Crippen LogP contribution in [-0.4, -0.2) is 76.6 Å². The molecule has 1 aromatic heterocycles. The van der Waals surface area contributed by atoms with Gasteiger partial charge in [-0.3, -0.25) is 14.3 Å². The molecule has 1 atom stereocenters. The van der Waals surface area contributed by atoms with E-state index >= 15 is 0 Å². The first-order valence-corrected chi connectivity index (χ1v) is 10.7. The molecule has 9 heteroatoms. The van der Waals surface area contributed by atoms with Crippen molar-refractivity contribution in [2.24, 2.45) is 7.05 Å². The number of amides is 1. The average molecular weight is 455 g/mol. The standard InChI is InChI=1S/C24H30N4O5/c1-14-18(15(2)27(5)25-14)21(29)19-20(16-8-10-17(11-9-16)24(32)33-6)28(23(31)22(19)30)13-7-12-26(3)4/h8-11,20,29H,7,12-13H2,1-6H3/t20-/m1/s1. The monoisotopic (exact) mass is 454 g/mol. The third-order valence-corrected chi connectivity index (χ3v) is 5.94. The Labute approximate surface area is 193 Å². The molecule has 0 aliphatic carbocycles. The van der Waals surface area contributed by atoms with Gasteiger partial charge in [-0.15, -0.1) is 0 Å². The van der Waals surface area contributed by atoms with Crippen LogP contribution in [0.3, 0.4) is 0 Å². The van der Waals surface area contributed by atoms with Crippen molar-refractivity contribution in [2.45, 2.75) is 26.3 Å². The number of hydrogen-bond acceptors (Lipinski definition) is 7. The van der Waals surface area contributed by atoms with Crippen LogP contribution >= 0.6 is 0 Å². The van der Waals surface area contributed by atoms with Crippen LogP contribution in [0.1, 0.15) is 45.3 Å². The van der Waals surface area contributed by atoms with E-state index in [4.69, 9.17) is 4.74 Å². The highest BCUT2D eigenvalue weighted by Gasteiger charge is 2.46. The summed E-state index contributed by atoms with van der Waals surface area (Å²) >= 11 is 0. The Kier molecular flexibility index (Phi) is 7.02. The van der Waals surface area contributed by atoms with Gasteiger partial charge in [0.1, 0.15) is 5.76 Å². The number of methoxy groups -OCH3 is 1. The highest BCUT2D eigenvalue weighted by atomic mass is 16.5. The summed E-state index contributed by atoms with van der Waals surface area (Å²) in [5.41, 5.74) is 2.68. The molecule has 0 spiro atoms. The first-order chi connectivity index (χ1) is 15.6. The number of rotatable bonds is 7. The first kappa shape index (κ1) is 24.2. The molecular weight excluding hydrogens is 424 g/mol. The highest BCUT2D eigenvalue weighted by Crippen LogP contribution is 2.40. The molecule has 176 valence electrons. The molecule has 2 heterocycles. The van der Waals surface area contributed by atoms with Crippen molar-refractivity contribution >= 4 is 23.4 Å². The molecule has 1 fully saturated rings. The van der Waals surface area contributed by atoms with Gasteiger partial charge in [0, 0.05) is 19.3 Å². The lowest BCUT2D eigenvalue weighted by Gasteiger charge is -2.26. The lowest BCUT2D eigenvalue weighted by molar-refractivity contribution is -0.139. The Morgan fingerprint density at radius 1 is 1.18 bits per heavy atom. The van der Waals surface area contributed by atoms with Crippen LogP contribution in [0, 0.1) is 13.8 Å². The van der Waals surface area contributed by atoms with Gasteiger partial charge in [0.05, 0.1) is 35.5 Å². The summed E-state index contributed by atoms with van der Waals surface area (Å²) in [7, 11) is 6.92. The summed E-state index contributed by atoms with van der Waals surface area (Å²) in [6.07, 6.45) is 0.655. The number of esters is 1. The molecule has 1 saturated heterocycles. The second-order valence-electron chi connectivity index (χ2n) is 8.43. The molecule has 33 heavy (non-hydrogen) atoms. The van der Waals surface area contributed by atoms with Crippen molar-refractivity contribution in [1.29, 1.82) is 0 Å². The van der Waals surface area contributed by atoms with Crippen molar-refractivity contribution in [3.63, 3.8) is 0 Å². The SMILES string of the molecule is COC(=O)c1ccc([C@@H]2C(=C(O)c3c(C)nn(C)c3C)C(=O)C(=O)N2CCCN(C)C)cc1. The van der Waals surface area contributed by atoms with Gasteiger partial charge < -0.3 is 19.6 Å². The Hall–Kier alpha value is -3.46. The van der Waals surface area contributed by atoms with Crippen molar-refractivity contribution in [3.05, 3.63) is 57.9 Å². The smallest absolute Gasteiger partial charge is 0.337 e. The van der Waals surface area contributed by atoms with Crippen molar-refractivity contribution in [1.82, 2.24) is 19.6 Å². The van der Waals surface area contributed by atoms with Gasteiger partial charge >= 0.3 is 5.97 Å². The number of nitrogens with zero attached hydrogens (tertiary/aromatic N) is 4. The van der Waals surface area contributed by atoms with E-state index in [1.165, 1.54) is 12.0 Å². The zero-order valence-electron chi connectivity index (χ0n) is 19.9. The average Bonchev–Trinajstić information content (AvgIpc) is 3.18. The Morgan fingerprint density at radius 3 is 2.33 bits per heavy atom. The van der Waals surface area contributed by atoms with E-state index in [0.717, 1.165) is 6.54 Å². The Bertz CT molecular complexity index is 1110. The minimum Gasteiger partial charge on any atom is -0.507 e. The van der Waals surface area contributed by atoms with Crippen molar-refractivity contribution < 1.29 is 24.2 Å². The minimum atomic E-state index is -0.780. The maximum Gasteiger partial charge on any atom is 0.337 e. The van der Waals surface area contributed by atoms with E-state index in [-0.39, 0.29) is 11.3 Å². The number of aliphatic hydroxyl groups excluding tert-OH is 1. The third kappa shape index (κ3) is 4.54. The van der Waals surface area contributed by atoms with E-state index in [9.17, 15) is 19.5 Å². The van der Waals surface area contributed by atoms with Gasteiger partial charge in [-0.2, -0.15) is 5.10 Å². The molecule has 1 aromatic carbocycles. The van der Waals surface area contributed by atoms with Gasteiger partial charge in [-0.1, -0.05) is 12.1 Å². The number of carbonyl (C=O) groups is 3. The van der Waals surface area contributed by atoms with Gasteiger partial charge in [0.25, 0.3) is 11.7 Å². The summed E-state index contributed by atoms with van der Waals surface area (Å²) < 4.78 is 6.38. The molecule has 1 amide bonds. The molecular formula is C24H30N4O5. The molecule has 1 aliphatic heterocycles. The number of ether oxygens (including phenoxy) is 1. The topological polar surface area (TPSA) is 105 Å². The van der Waals surface area contributed by atoms with E-state index in [0.29, 0.717) is 41.0 Å². The summed E-state index contributed by atoms with van der Waals surface area (Å²) in [5, 5.41) is 15.6. The van der Waals surface area contributed by atoms with E-state index in [1.54, 1.807) is 49.8 Å². The third-order valence-electron chi connectivity index (χ3n) is 5.94. The largest absolute Gasteiger partial charge is 0.507 e. The molecule has 0 saturated carbocycles. The summed E-state index contributed by atoms with van der Waals surface area (Å²) in [6.45, 7) is 4.61.